The van der Waals surface area contributed by atoms with E-state index in [0.29, 0.717) is 0 Å². The molecule has 1 fully saturated rings. The zero-order valence-corrected chi connectivity index (χ0v) is 4.85. The predicted octanol–water partition coefficient (Wildman–Crippen LogP) is 0.746. The second kappa shape index (κ2) is 1.47. The number of hydrazone groups is 1. The van der Waals surface area contributed by atoms with E-state index in [9.17, 15) is 0 Å². The van der Waals surface area contributed by atoms with Crippen LogP contribution in [0.1, 0.15) is 19.3 Å². The lowest BCUT2D eigenvalue weighted by Gasteiger charge is -1.95. The van der Waals surface area contributed by atoms with Crippen molar-refractivity contribution in [1.82, 2.24) is 5.43 Å². The standard InChI is InChI=1S/C6H10N2/c1-2-5-4-7-8-6(5)3-1/h5,7H,1-4H2. The largest absolute Gasteiger partial charge is 0.309 e. The Balaban J connectivity index is 2.20. The van der Waals surface area contributed by atoms with Gasteiger partial charge in [-0.1, -0.05) is 0 Å². The zero-order valence-electron chi connectivity index (χ0n) is 4.85. The molecule has 2 heteroatoms. The van der Waals surface area contributed by atoms with E-state index in [1.807, 2.05) is 0 Å². The summed E-state index contributed by atoms with van der Waals surface area (Å²) in [6.45, 7) is 1.11. The summed E-state index contributed by atoms with van der Waals surface area (Å²) in [5.74, 6) is 0.815. The normalized spacial score (nSPS) is 34.0. The molecule has 0 radical (unpaired) electrons. The van der Waals surface area contributed by atoms with Crippen molar-refractivity contribution in [1.29, 1.82) is 0 Å². The first-order valence-electron chi connectivity index (χ1n) is 3.26. The van der Waals surface area contributed by atoms with Crippen LogP contribution in [0.2, 0.25) is 0 Å². The summed E-state index contributed by atoms with van der Waals surface area (Å²) in [4.78, 5) is 0. The average Bonchev–Trinajstić information content (AvgIpc) is 2.15. The topological polar surface area (TPSA) is 24.4 Å². The van der Waals surface area contributed by atoms with E-state index in [1.165, 1.54) is 25.0 Å². The van der Waals surface area contributed by atoms with Crippen LogP contribution in [-0.2, 0) is 0 Å². The Morgan fingerprint density at radius 1 is 1.62 bits per heavy atom. The third-order valence-electron chi connectivity index (χ3n) is 2.02. The number of hydrogen-bond acceptors (Lipinski definition) is 2. The highest BCUT2D eigenvalue weighted by atomic mass is 15.3. The molecule has 44 valence electrons. The molecule has 0 spiro atoms. The van der Waals surface area contributed by atoms with Gasteiger partial charge in [0.15, 0.2) is 0 Å². The van der Waals surface area contributed by atoms with Gasteiger partial charge in [-0.25, -0.2) is 0 Å². The van der Waals surface area contributed by atoms with Crippen LogP contribution in [-0.4, -0.2) is 12.3 Å². The highest BCUT2D eigenvalue weighted by Gasteiger charge is 2.25. The molecule has 1 aliphatic carbocycles. The molecule has 1 atom stereocenters. The molecule has 1 heterocycles. The fourth-order valence-electron chi connectivity index (χ4n) is 1.52. The molecule has 2 aliphatic rings. The van der Waals surface area contributed by atoms with Gasteiger partial charge in [-0.2, -0.15) is 5.10 Å². The molecular formula is C6H10N2. The average molecular weight is 110 g/mol. The smallest absolute Gasteiger partial charge is 0.0427 e. The van der Waals surface area contributed by atoms with Crippen molar-refractivity contribution < 1.29 is 0 Å². The summed E-state index contributed by atoms with van der Waals surface area (Å²) < 4.78 is 0. The molecule has 1 aliphatic heterocycles. The van der Waals surface area contributed by atoms with Crippen LogP contribution < -0.4 is 5.43 Å². The molecule has 2 nitrogen and oxygen atoms in total. The Morgan fingerprint density at radius 2 is 2.62 bits per heavy atom. The lowest BCUT2D eigenvalue weighted by Crippen LogP contribution is -2.09. The summed E-state index contributed by atoms with van der Waals surface area (Å²) in [5, 5.41) is 4.16. The van der Waals surface area contributed by atoms with Gasteiger partial charge in [0.2, 0.25) is 0 Å². The summed E-state index contributed by atoms with van der Waals surface area (Å²) in [6.07, 6.45) is 3.98. The van der Waals surface area contributed by atoms with Crippen LogP contribution in [0, 0.1) is 5.92 Å². The fraction of sp³-hybridized carbons (Fsp3) is 0.833. The lowest BCUT2D eigenvalue weighted by molar-refractivity contribution is 0.627. The predicted molar refractivity (Wildman–Crippen MR) is 32.8 cm³/mol. The van der Waals surface area contributed by atoms with E-state index < -0.39 is 0 Å². The van der Waals surface area contributed by atoms with Gasteiger partial charge in [0, 0.05) is 18.2 Å². The molecule has 2 rings (SSSR count). The van der Waals surface area contributed by atoms with Crippen molar-refractivity contribution in [3.63, 3.8) is 0 Å². The van der Waals surface area contributed by atoms with E-state index in [4.69, 9.17) is 0 Å². The third-order valence-corrected chi connectivity index (χ3v) is 2.02. The number of hydrogen-bond donors (Lipinski definition) is 1. The van der Waals surface area contributed by atoms with Crippen molar-refractivity contribution in [2.45, 2.75) is 19.3 Å². The van der Waals surface area contributed by atoms with Crippen molar-refractivity contribution in [3.8, 4) is 0 Å². The van der Waals surface area contributed by atoms with E-state index in [2.05, 4.69) is 10.5 Å². The SMILES string of the molecule is C1CC2=NNCC2C1. The van der Waals surface area contributed by atoms with E-state index in [0.717, 1.165) is 12.5 Å². The molecule has 0 aromatic carbocycles. The molecular weight excluding hydrogens is 100 g/mol. The molecule has 8 heavy (non-hydrogen) atoms. The van der Waals surface area contributed by atoms with Gasteiger partial charge < -0.3 is 5.43 Å². The summed E-state index contributed by atoms with van der Waals surface area (Å²) in [7, 11) is 0. The summed E-state index contributed by atoms with van der Waals surface area (Å²) in [6, 6.07) is 0. The Labute approximate surface area is 49.0 Å². The number of nitrogens with one attached hydrogen (secondary N) is 1. The zero-order chi connectivity index (χ0) is 5.40. The molecule has 1 unspecified atom stereocenters. The van der Waals surface area contributed by atoms with Crippen LogP contribution in [0.25, 0.3) is 0 Å². The van der Waals surface area contributed by atoms with Gasteiger partial charge in [0.25, 0.3) is 0 Å². The molecule has 0 amide bonds. The summed E-state index contributed by atoms with van der Waals surface area (Å²) >= 11 is 0. The second-order valence-electron chi connectivity index (χ2n) is 2.55. The molecule has 0 aromatic rings. The number of fused-ring (bicyclic) bond motifs is 1. The van der Waals surface area contributed by atoms with Crippen LogP contribution in [0.4, 0.5) is 0 Å². The Morgan fingerprint density at radius 3 is 3.50 bits per heavy atom. The molecule has 0 aromatic heterocycles. The quantitative estimate of drug-likeness (QED) is 0.489. The lowest BCUT2D eigenvalue weighted by atomic mass is 10.1. The van der Waals surface area contributed by atoms with E-state index in [1.54, 1.807) is 0 Å². The van der Waals surface area contributed by atoms with Gasteiger partial charge in [-0.15, -0.1) is 0 Å². The Hall–Kier alpha value is -0.530. The van der Waals surface area contributed by atoms with Crippen LogP contribution >= 0.6 is 0 Å². The molecule has 0 bridgehead atoms. The van der Waals surface area contributed by atoms with E-state index >= 15 is 0 Å². The van der Waals surface area contributed by atoms with Crippen LogP contribution in [0.5, 0.6) is 0 Å². The minimum atomic E-state index is 0.815. The molecule has 0 saturated heterocycles. The highest BCUT2D eigenvalue weighted by Crippen LogP contribution is 2.24. The Kier molecular flexibility index (Phi) is 0.802. The van der Waals surface area contributed by atoms with Gasteiger partial charge in [0.05, 0.1) is 0 Å². The second-order valence-corrected chi connectivity index (χ2v) is 2.55. The molecule has 1 saturated carbocycles. The first kappa shape index (κ1) is 4.36. The highest BCUT2D eigenvalue weighted by molar-refractivity contribution is 5.89. The van der Waals surface area contributed by atoms with Crippen molar-refractivity contribution >= 4 is 5.71 Å². The van der Waals surface area contributed by atoms with Gasteiger partial charge >= 0.3 is 0 Å². The monoisotopic (exact) mass is 110 g/mol. The Bertz CT molecular complexity index is 128. The van der Waals surface area contributed by atoms with Crippen LogP contribution in [0.15, 0.2) is 5.10 Å². The minimum absolute atomic E-state index is 0.815. The van der Waals surface area contributed by atoms with Gasteiger partial charge in [-0.05, 0) is 19.3 Å². The van der Waals surface area contributed by atoms with Crippen LogP contribution in [0.3, 0.4) is 0 Å². The number of nitrogens with zero attached hydrogens (tertiary/aromatic N) is 1. The van der Waals surface area contributed by atoms with Crippen molar-refractivity contribution in [2.24, 2.45) is 11.0 Å². The number of rotatable bonds is 0. The van der Waals surface area contributed by atoms with Crippen molar-refractivity contribution in [2.75, 3.05) is 6.54 Å². The third kappa shape index (κ3) is 0.457. The molecule has 1 N–H and O–H groups in total. The first-order chi connectivity index (χ1) is 3.97. The maximum atomic E-state index is 4.16. The minimum Gasteiger partial charge on any atom is -0.309 e. The fourth-order valence-corrected chi connectivity index (χ4v) is 1.52. The van der Waals surface area contributed by atoms with E-state index in [-0.39, 0.29) is 0 Å². The maximum Gasteiger partial charge on any atom is 0.0427 e. The van der Waals surface area contributed by atoms with Gasteiger partial charge in [0.1, 0.15) is 0 Å². The maximum absolute atomic E-state index is 4.16. The first-order valence-corrected chi connectivity index (χ1v) is 3.26. The summed E-state index contributed by atoms with van der Waals surface area (Å²) in [5.41, 5.74) is 4.43. The van der Waals surface area contributed by atoms with Crippen molar-refractivity contribution in [3.05, 3.63) is 0 Å². The van der Waals surface area contributed by atoms with Gasteiger partial charge in [-0.3, -0.25) is 0 Å².